The van der Waals surface area contributed by atoms with Crippen LogP contribution >= 0.6 is 0 Å². The van der Waals surface area contributed by atoms with E-state index in [2.05, 4.69) is 117 Å². The second-order valence-electron chi connectivity index (χ2n) is 14.0. The van der Waals surface area contributed by atoms with Crippen LogP contribution in [-0.4, -0.2) is 24.3 Å². The van der Waals surface area contributed by atoms with Gasteiger partial charge in [0.05, 0.1) is 22.1 Å². The summed E-state index contributed by atoms with van der Waals surface area (Å²) in [4.78, 5) is 9.59. The number of pyridine rings is 1. The molecule has 4 aromatic heterocycles. The Morgan fingerprint density at radius 1 is 0.680 bits per heavy atom. The van der Waals surface area contributed by atoms with Gasteiger partial charge in [-0.25, -0.2) is 14.6 Å². The second kappa shape index (κ2) is 11.2. The van der Waals surface area contributed by atoms with Crippen LogP contribution in [0.1, 0.15) is 37.5 Å². The lowest BCUT2D eigenvalue weighted by Gasteiger charge is -2.20. The van der Waals surface area contributed by atoms with Crippen LogP contribution in [0.2, 0.25) is 0 Å². The van der Waals surface area contributed by atoms with Gasteiger partial charge in [-0.3, -0.25) is 4.57 Å². The average Bonchev–Trinajstić information content (AvgIpc) is 3.82. The third-order valence-corrected chi connectivity index (χ3v) is 9.61. The van der Waals surface area contributed by atoms with Crippen LogP contribution in [0.4, 0.5) is 0 Å². The van der Waals surface area contributed by atoms with Gasteiger partial charge in [-0.05, 0) is 84.5 Å². The van der Waals surface area contributed by atoms with E-state index in [4.69, 9.17) is 19.1 Å². The summed E-state index contributed by atoms with van der Waals surface area (Å²) < 4.78 is 17.5. The fourth-order valence-corrected chi connectivity index (χ4v) is 7.16. The van der Waals surface area contributed by atoms with E-state index in [1.807, 2.05) is 47.3 Å². The van der Waals surface area contributed by atoms with Crippen molar-refractivity contribution in [1.82, 2.24) is 24.3 Å². The number of nitrogens with zero attached hydrogens (tertiary/aromatic N) is 5. The van der Waals surface area contributed by atoms with E-state index in [0.29, 0.717) is 22.9 Å². The number of hydrogen-bond donors (Lipinski definition) is 0. The number of furan rings is 1. The number of para-hydroxylation sites is 3. The van der Waals surface area contributed by atoms with Gasteiger partial charge in [-0.2, -0.15) is 5.10 Å². The summed E-state index contributed by atoms with van der Waals surface area (Å²) in [6, 6.07) is 37.5. The number of rotatable bonds is 5. The molecule has 0 saturated heterocycles. The molecule has 0 bridgehead atoms. The lowest BCUT2D eigenvalue weighted by atomic mass is 9.88. The van der Waals surface area contributed by atoms with Crippen LogP contribution in [-0.2, 0) is 5.41 Å². The van der Waals surface area contributed by atoms with Gasteiger partial charge in [-0.1, -0.05) is 75.4 Å². The van der Waals surface area contributed by atoms with Crippen molar-refractivity contribution in [2.24, 2.45) is 0 Å². The molecule has 0 fully saturated rings. The Morgan fingerprint density at radius 2 is 1.44 bits per heavy atom. The molecule has 0 radical (unpaired) electrons. The minimum atomic E-state index is -0.0172. The van der Waals surface area contributed by atoms with Gasteiger partial charge in [0.15, 0.2) is 5.82 Å². The normalized spacial score (nSPS) is 12.1. The number of aromatic nitrogens is 5. The van der Waals surface area contributed by atoms with Crippen LogP contribution in [0.3, 0.4) is 0 Å². The van der Waals surface area contributed by atoms with Gasteiger partial charge in [0.1, 0.15) is 34.8 Å². The summed E-state index contributed by atoms with van der Waals surface area (Å²) in [6.45, 7) is 10.9. The summed E-state index contributed by atoms with van der Waals surface area (Å²) in [5, 5.41) is 8.84. The van der Waals surface area contributed by atoms with E-state index < -0.39 is 0 Å². The van der Waals surface area contributed by atoms with Crippen molar-refractivity contribution in [3.63, 3.8) is 0 Å². The number of fused-ring (bicyclic) bond motifs is 6. The molecular weight excluding hydrogens is 619 g/mol. The van der Waals surface area contributed by atoms with Crippen molar-refractivity contribution < 1.29 is 9.15 Å². The Morgan fingerprint density at radius 3 is 2.26 bits per heavy atom. The van der Waals surface area contributed by atoms with E-state index in [1.165, 1.54) is 5.56 Å². The van der Waals surface area contributed by atoms with Crippen molar-refractivity contribution in [3.8, 4) is 34.4 Å². The fourth-order valence-electron chi connectivity index (χ4n) is 7.16. The highest BCUT2D eigenvalue weighted by molar-refractivity contribution is 6.11. The van der Waals surface area contributed by atoms with E-state index in [0.717, 1.165) is 66.4 Å². The van der Waals surface area contributed by atoms with E-state index >= 15 is 0 Å². The van der Waals surface area contributed by atoms with E-state index in [-0.39, 0.29) is 5.41 Å². The molecule has 9 aromatic rings. The Kier molecular flexibility index (Phi) is 6.68. The Balaban J connectivity index is 1.24. The minimum Gasteiger partial charge on any atom is -0.456 e. The predicted molar refractivity (Wildman–Crippen MR) is 201 cm³/mol. The van der Waals surface area contributed by atoms with Crippen LogP contribution in [0.25, 0.3) is 66.6 Å². The minimum absolute atomic E-state index is 0.0172. The number of ether oxygens (including phenoxy) is 1. The molecule has 0 aliphatic rings. The van der Waals surface area contributed by atoms with Crippen LogP contribution in [0.15, 0.2) is 126 Å². The maximum Gasteiger partial charge on any atom is 0.163 e. The first-order valence-corrected chi connectivity index (χ1v) is 16.8. The summed E-state index contributed by atoms with van der Waals surface area (Å²) in [7, 11) is 0. The molecule has 0 aliphatic heterocycles. The van der Waals surface area contributed by atoms with Crippen molar-refractivity contribution >= 4 is 43.7 Å². The summed E-state index contributed by atoms with van der Waals surface area (Å²) in [5.41, 5.74) is 8.90. The summed E-state index contributed by atoms with van der Waals surface area (Å²) in [6.07, 6.45) is 3.50. The standard InChI is InChI=1S/C43H35N5O2/c1-26-11-10-12-27(2)41(26)48-42(45-25-46-48)28-21-37(40-33-14-7-9-16-36(33)50-38(40)22-28)49-30-17-18-32-31-13-6-8-15-34(31)47(35(32)24-30)39-23-29(19-20-44-39)43(3,4)5/h6-25H,1-5H3. The Hall–Kier alpha value is -6.21. The molecule has 7 nitrogen and oxygen atoms in total. The quantitative estimate of drug-likeness (QED) is 0.185. The zero-order valence-electron chi connectivity index (χ0n) is 28.6. The molecule has 9 rings (SSSR count). The SMILES string of the molecule is Cc1cccc(C)c1-n1ncnc1-c1cc(Oc2ccc3c4ccccc4n(-c4cc(C(C)(C)C)ccn4)c3c2)c2c(c1)oc1ccccc12. The number of benzene rings is 5. The molecule has 5 aromatic carbocycles. The molecule has 7 heteroatoms. The molecule has 4 heterocycles. The summed E-state index contributed by atoms with van der Waals surface area (Å²) in [5.74, 6) is 2.95. The molecule has 0 aliphatic carbocycles. The van der Waals surface area contributed by atoms with Crippen LogP contribution in [0.5, 0.6) is 11.5 Å². The van der Waals surface area contributed by atoms with Crippen LogP contribution < -0.4 is 4.74 Å². The molecule has 0 atom stereocenters. The second-order valence-corrected chi connectivity index (χ2v) is 14.0. The molecule has 0 saturated carbocycles. The molecule has 0 unspecified atom stereocenters. The Bertz CT molecular complexity index is 2740. The average molecular weight is 654 g/mol. The van der Waals surface area contributed by atoms with Gasteiger partial charge in [0.2, 0.25) is 0 Å². The monoisotopic (exact) mass is 653 g/mol. The third-order valence-electron chi connectivity index (χ3n) is 9.61. The lowest BCUT2D eigenvalue weighted by Crippen LogP contribution is -2.12. The molecule has 0 amide bonds. The largest absolute Gasteiger partial charge is 0.456 e. The van der Waals surface area contributed by atoms with Gasteiger partial charge < -0.3 is 9.15 Å². The highest BCUT2D eigenvalue weighted by Crippen LogP contribution is 2.42. The lowest BCUT2D eigenvalue weighted by molar-refractivity contribution is 0.489. The van der Waals surface area contributed by atoms with Crippen LogP contribution in [0, 0.1) is 13.8 Å². The first kappa shape index (κ1) is 29.9. The van der Waals surface area contributed by atoms with Gasteiger partial charge >= 0.3 is 0 Å². The van der Waals surface area contributed by atoms with Crippen molar-refractivity contribution in [2.45, 2.75) is 40.0 Å². The number of hydrogen-bond acceptors (Lipinski definition) is 5. The van der Waals surface area contributed by atoms with Crippen molar-refractivity contribution in [2.75, 3.05) is 0 Å². The third kappa shape index (κ3) is 4.77. The molecular formula is C43H35N5O2. The van der Waals surface area contributed by atoms with Gasteiger partial charge in [0, 0.05) is 34.0 Å². The molecule has 0 N–H and O–H groups in total. The first-order valence-electron chi connectivity index (χ1n) is 16.8. The van der Waals surface area contributed by atoms with Gasteiger partial charge in [-0.15, -0.1) is 0 Å². The van der Waals surface area contributed by atoms with Crippen molar-refractivity contribution in [1.29, 1.82) is 0 Å². The van der Waals surface area contributed by atoms with Crippen molar-refractivity contribution in [3.05, 3.63) is 138 Å². The first-order chi connectivity index (χ1) is 24.2. The maximum atomic E-state index is 6.91. The maximum absolute atomic E-state index is 6.91. The molecule has 50 heavy (non-hydrogen) atoms. The summed E-state index contributed by atoms with van der Waals surface area (Å²) >= 11 is 0. The zero-order chi connectivity index (χ0) is 34.1. The highest BCUT2D eigenvalue weighted by Gasteiger charge is 2.21. The van der Waals surface area contributed by atoms with E-state index in [1.54, 1.807) is 6.33 Å². The van der Waals surface area contributed by atoms with Gasteiger partial charge in [0.25, 0.3) is 0 Å². The molecule has 0 spiro atoms. The topological polar surface area (TPSA) is 70.9 Å². The zero-order valence-corrected chi connectivity index (χ0v) is 28.6. The predicted octanol–water partition coefficient (Wildman–Crippen LogP) is 11.0. The highest BCUT2D eigenvalue weighted by atomic mass is 16.5. The molecule has 244 valence electrons. The fraction of sp³-hybridized carbons (Fsp3) is 0.140. The number of aryl methyl sites for hydroxylation is 2. The smallest absolute Gasteiger partial charge is 0.163 e. The Labute approximate surface area is 289 Å². The van der Waals surface area contributed by atoms with E-state index in [9.17, 15) is 0 Å².